The maximum absolute atomic E-state index is 11.0. The van der Waals surface area contributed by atoms with Gasteiger partial charge in [-0.1, -0.05) is 6.92 Å². The van der Waals surface area contributed by atoms with E-state index in [1.807, 2.05) is 13.8 Å². The number of carbonyl (C=O) groups is 2. The molecule has 1 atom stereocenters. The lowest BCUT2D eigenvalue weighted by atomic mass is 10.2. The summed E-state index contributed by atoms with van der Waals surface area (Å²) in [5, 5.41) is 4.99. The Balaban J connectivity index is 3.79. The Morgan fingerprint density at radius 1 is 1.25 bits per heavy atom. The van der Waals surface area contributed by atoms with Gasteiger partial charge in [0.2, 0.25) is 0 Å². The lowest BCUT2D eigenvalue weighted by Gasteiger charge is -2.10. The Bertz CT molecular complexity index is 168. The van der Waals surface area contributed by atoms with E-state index in [0.29, 0.717) is 6.54 Å². The van der Waals surface area contributed by atoms with Crippen molar-refractivity contribution in [1.82, 2.24) is 10.6 Å². The summed E-state index contributed by atoms with van der Waals surface area (Å²) < 4.78 is 0. The highest BCUT2D eigenvalue weighted by Gasteiger charge is 2.13. The van der Waals surface area contributed by atoms with E-state index in [1.54, 1.807) is 6.92 Å². The van der Waals surface area contributed by atoms with Gasteiger partial charge >= 0.3 is 11.8 Å². The number of amides is 2. The Morgan fingerprint density at radius 3 is 2.25 bits per heavy atom. The van der Waals surface area contributed by atoms with Crippen LogP contribution in [-0.2, 0) is 9.59 Å². The normalized spacial score (nSPS) is 11.9. The largest absolute Gasteiger partial charge is 0.348 e. The van der Waals surface area contributed by atoms with Gasteiger partial charge in [0.1, 0.15) is 0 Å². The minimum atomic E-state index is -0.558. The Labute approximate surface area is 72.7 Å². The second-order valence-electron chi connectivity index (χ2n) is 2.64. The molecule has 70 valence electrons. The summed E-state index contributed by atoms with van der Waals surface area (Å²) in [7, 11) is 0. The summed E-state index contributed by atoms with van der Waals surface area (Å²) in [4.78, 5) is 21.9. The van der Waals surface area contributed by atoms with E-state index in [-0.39, 0.29) is 6.04 Å². The maximum atomic E-state index is 11.0. The summed E-state index contributed by atoms with van der Waals surface area (Å²) in [6.07, 6.45) is 0.825. The van der Waals surface area contributed by atoms with Crippen LogP contribution < -0.4 is 10.6 Å². The molecule has 4 heteroatoms. The molecule has 2 amide bonds. The van der Waals surface area contributed by atoms with Gasteiger partial charge in [0.15, 0.2) is 0 Å². The zero-order valence-corrected chi connectivity index (χ0v) is 7.81. The molecule has 0 heterocycles. The zero-order valence-electron chi connectivity index (χ0n) is 7.81. The third kappa shape index (κ3) is 3.95. The SMILES string of the molecule is CCNC(=O)C(=O)N[C@H](C)CC. The predicted molar refractivity (Wildman–Crippen MR) is 46.6 cm³/mol. The first-order valence-corrected chi connectivity index (χ1v) is 4.20. The van der Waals surface area contributed by atoms with Gasteiger partial charge in [0.25, 0.3) is 0 Å². The molecule has 0 aliphatic carbocycles. The Hall–Kier alpha value is -1.06. The molecule has 0 saturated heterocycles. The fourth-order valence-corrected chi connectivity index (χ4v) is 0.632. The zero-order chi connectivity index (χ0) is 9.56. The maximum Gasteiger partial charge on any atom is 0.309 e. The van der Waals surface area contributed by atoms with E-state index in [0.717, 1.165) is 6.42 Å². The highest BCUT2D eigenvalue weighted by molar-refractivity contribution is 6.35. The number of nitrogens with one attached hydrogen (secondary N) is 2. The molecule has 0 spiro atoms. The molecule has 12 heavy (non-hydrogen) atoms. The number of hydrogen-bond donors (Lipinski definition) is 2. The Kier molecular flexibility index (Phi) is 5.08. The van der Waals surface area contributed by atoms with E-state index in [2.05, 4.69) is 10.6 Å². The predicted octanol–water partition coefficient (Wildman–Crippen LogP) is 0.0372. The molecule has 0 unspecified atom stereocenters. The van der Waals surface area contributed by atoms with Crippen LogP contribution in [0.4, 0.5) is 0 Å². The topological polar surface area (TPSA) is 58.2 Å². The Morgan fingerprint density at radius 2 is 1.83 bits per heavy atom. The first-order chi connectivity index (χ1) is 5.61. The van der Waals surface area contributed by atoms with Crippen LogP contribution in [0.5, 0.6) is 0 Å². The number of hydrogen-bond acceptors (Lipinski definition) is 2. The van der Waals surface area contributed by atoms with Crippen molar-refractivity contribution in [2.24, 2.45) is 0 Å². The van der Waals surface area contributed by atoms with Crippen LogP contribution in [0.3, 0.4) is 0 Å². The van der Waals surface area contributed by atoms with Gasteiger partial charge in [0.05, 0.1) is 0 Å². The lowest BCUT2D eigenvalue weighted by molar-refractivity contribution is -0.139. The van der Waals surface area contributed by atoms with Crippen LogP contribution in [0.15, 0.2) is 0 Å². The number of likely N-dealkylation sites (N-methyl/N-ethyl adjacent to an activating group) is 1. The quantitative estimate of drug-likeness (QED) is 0.590. The molecular weight excluding hydrogens is 156 g/mol. The fourth-order valence-electron chi connectivity index (χ4n) is 0.632. The van der Waals surface area contributed by atoms with Crippen LogP contribution in [0.25, 0.3) is 0 Å². The van der Waals surface area contributed by atoms with E-state index in [4.69, 9.17) is 0 Å². The van der Waals surface area contributed by atoms with Gasteiger partial charge in [-0.25, -0.2) is 0 Å². The summed E-state index contributed by atoms with van der Waals surface area (Å²) in [5.41, 5.74) is 0. The second kappa shape index (κ2) is 5.57. The first-order valence-electron chi connectivity index (χ1n) is 4.20. The number of carbonyl (C=O) groups excluding carboxylic acids is 2. The molecule has 0 aromatic rings. The standard InChI is InChI=1S/C8H16N2O2/c1-4-6(3)10-8(12)7(11)9-5-2/h6H,4-5H2,1-3H3,(H,9,11)(H,10,12)/t6-/m1/s1. The summed E-state index contributed by atoms with van der Waals surface area (Å²) in [5.74, 6) is -1.11. The molecular formula is C8H16N2O2. The third-order valence-electron chi connectivity index (χ3n) is 1.53. The van der Waals surface area contributed by atoms with Gasteiger partial charge in [-0.2, -0.15) is 0 Å². The minimum absolute atomic E-state index is 0.0557. The van der Waals surface area contributed by atoms with Crippen molar-refractivity contribution in [3.8, 4) is 0 Å². The van der Waals surface area contributed by atoms with Crippen LogP contribution in [-0.4, -0.2) is 24.4 Å². The smallest absolute Gasteiger partial charge is 0.309 e. The molecule has 0 radical (unpaired) electrons. The van der Waals surface area contributed by atoms with E-state index >= 15 is 0 Å². The average Bonchev–Trinajstić information content (AvgIpc) is 2.04. The molecule has 2 N–H and O–H groups in total. The van der Waals surface area contributed by atoms with Crippen molar-refractivity contribution in [3.05, 3.63) is 0 Å². The van der Waals surface area contributed by atoms with Gasteiger partial charge in [0, 0.05) is 12.6 Å². The molecule has 0 bridgehead atoms. The van der Waals surface area contributed by atoms with Crippen LogP contribution in [0.1, 0.15) is 27.2 Å². The van der Waals surface area contributed by atoms with E-state index in [1.165, 1.54) is 0 Å². The van der Waals surface area contributed by atoms with E-state index in [9.17, 15) is 9.59 Å². The molecule has 0 aliphatic heterocycles. The van der Waals surface area contributed by atoms with Gasteiger partial charge in [-0.05, 0) is 20.3 Å². The summed E-state index contributed by atoms with van der Waals surface area (Å²) >= 11 is 0. The van der Waals surface area contributed by atoms with Crippen LogP contribution in [0, 0.1) is 0 Å². The van der Waals surface area contributed by atoms with E-state index < -0.39 is 11.8 Å². The highest BCUT2D eigenvalue weighted by atomic mass is 16.2. The van der Waals surface area contributed by atoms with Crippen molar-refractivity contribution in [3.63, 3.8) is 0 Å². The van der Waals surface area contributed by atoms with Gasteiger partial charge < -0.3 is 10.6 Å². The average molecular weight is 172 g/mol. The van der Waals surface area contributed by atoms with Crippen molar-refractivity contribution >= 4 is 11.8 Å². The second-order valence-corrected chi connectivity index (χ2v) is 2.64. The van der Waals surface area contributed by atoms with Gasteiger partial charge in [-0.15, -0.1) is 0 Å². The van der Waals surface area contributed by atoms with Crippen molar-refractivity contribution < 1.29 is 9.59 Å². The minimum Gasteiger partial charge on any atom is -0.348 e. The monoisotopic (exact) mass is 172 g/mol. The highest BCUT2D eigenvalue weighted by Crippen LogP contribution is 1.86. The lowest BCUT2D eigenvalue weighted by Crippen LogP contribution is -2.43. The van der Waals surface area contributed by atoms with Crippen LogP contribution in [0.2, 0.25) is 0 Å². The van der Waals surface area contributed by atoms with Crippen LogP contribution >= 0.6 is 0 Å². The molecule has 0 aromatic heterocycles. The number of rotatable bonds is 3. The fraction of sp³-hybridized carbons (Fsp3) is 0.750. The van der Waals surface area contributed by atoms with Gasteiger partial charge in [-0.3, -0.25) is 9.59 Å². The molecule has 0 aliphatic rings. The molecule has 0 rings (SSSR count). The third-order valence-corrected chi connectivity index (χ3v) is 1.53. The molecule has 0 aromatic carbocycles. The van der Waals surface area contributed by atoms with Crippen molar-refractivity contribution in [2.75, 3.05) is 6.54 Å². The summed E-state index contributed by atoms with van der Waals surface area (Å²) in [6.45, 7) is 6.06. The molecule has 4 nitrogen and oxygen atoms in total. The van der Waals surface area contributed by atoms with Crippen molar-refractivity contribution in [2.45, 2.75) is 33.2 Å². The van der Waals surface area contributed by atoms with Crippen molar-refractivity contribution in [1.29, 1.82) is 0 Å². The molecule has 0 fully saturated rings. The first kappa shape index (κ1) is 10.9. The summed E-state index contributed by atoms with van der Waals surface area (Å²) in [6, 6.07) is 0.0557. The molecule has 0 saturated carbocycles.